The zero-order valence-electron chi connectivity index (χ0n) is 8.76. The van der Waals surface area contributed by atoms with Gasteiger partial charge in [-0.1, -0.05) is 0 Å². The number of benzene rings is 1. The minimum absolute atomic E-state index is 0.0345. The van der Waals surface area contributed by atoms with Crippen molar-refractivity contribution in [2.45, 2.75) is 25.6 Å². The van der Waals surface area contributed by atoms with Gasteiger partial charge in [0.15, 0.2) is 6.10 Å². The Morgan fingerprint density at radius 3 is 2.29 bits per heavy atom. The molecule has 1 atom stereocenters. The molecule has 2 nitrogen and oxygen atoms in total. The number of hydrogen-bond donors (Lipinski definition) is 1. The first kappa shape index (κ1) is 13.5. The summed E-state index contributed by atoms with van der Waals surface area (Å²) >= 11 is 0. The van der Waals surface area contributed by atoms with E-state index >= 15 is 0 Å². The van der Waals surface area contributed by atoms with Gasteiger partial charge in [0.25, 0.3) is 6.43 Å². The van der Waals surface area contributed by atoms with E-state index < -0.39 is 30.0 Å². The molecule has 0 aliphatic heterocycles. The molecule has 1 aromatic rings. The fourth-order valence-corrected chi connectivity index (χ4v) is 1.10. The lowest BCUT2D eigenvalue weighted by molar-refractivity contribution is -0.189. The number of alkyl halides is 5. The van der Waals surface area contributed by atoms with Crippen LogP contribution in [-0.2, 0) is 0 Å². The van der Waals surface area contributed by atoms with Gasteiger partial charge in [-0.05, 0) is 25.1 Å². The smallest absolute Gasteiger partial charge is 0.425 e. The molecule has 2 N–H and O–H groups in total. The van der Waals surface area contributed by atoms with Crippen molar-refractivity contribution in [1.82, 2.24) is 0 Å². The molecule has 0 spiro atoms. The average molecular weight is 255 g/mol. The SMILES string of the molecule is CC(Oc1ccc(N)cc1C(F)F)C(F)(F)F. The highest BCUT2D eigenvalue weighted by molar-refractivity contribution is 5.48. The van der Waals surface area contributed by atoms with E-state index in [1.807, 2.05) is 0 Å². The predicted molar refractivity (Wildman–Crippen MR) is 52.0 cm³/mol. The van der Waals surface area contributed by atoms with Crippen LogP contribution in [0.4, 0.5) is 27.6 Å². The molecule has 0 saturated heterocycles. The fraction of sp³-hybridized carbons (Fsp3) is 0.400. The van der Waals surface area contributed by atoms with E-state index in [0.717, 1.165) is 19.1 Å². The molecular weight excluding hydrogens is 245 g/mol. The Hall–Kier alpha value is -1.53. The number of nitrogen functional groups attached to an aromatic ring is 1. The summed E-state index contributed by atoms with van der Waals surface area (Å²) in [6, 6.07) is 3.09. The van der Waals surface area contributed by atoms with Crippen molar-refractivity contribution < 1.29 is 26.7 Å². The monoisotopic (exact) mass is 255 g/mol. The van der Waals surface area contributed by atoms with Gasteiger partial charge in [-0.3, -0.25) is 0 Å². The maximum Gasteiger partial charge on any atom is 0.425 e. The summed E-state index contributed by atoms with van der Waals surface area (Å²) in [7, 11) is 0. The fourth-order valence-electron chi connectivity index (χ4n) is 1.10. The van der Waals surface area contributed by atoms with Crippen LogP contribution in [0, 0.1) is 0 Å². The molecule has 1 rings (SSSR count). The van der Waals surface area contributed by atoms with Crippen molar-refractivity contribution in [3.8, 4) is 5.75 Å². The maximum absolute atomic E-state index is 12.5. The van der Waals surface area contributed by atoms with Crippen LogP contribution >= 0.6 is 0 Å². The maximum atomic E-state index is 12.5. The van der Waals surface area contributed by atoms with E-state index in [0.29, 0.717) is 0 Å². The van der Waals surface area contributed by atoms with Crippen LogP contribution in [0.3, 0.4) is 0 Å². The van der Waals surface area contributed by atoms with Gasteiger partial charge in [0.1, 0.15) is 5.75 Å². The van der Waals surface area contributed by atoms with Crippen LogP contribution in [-0.4, -0.2) is 12.3 Å². The molecule has 0 radical (unpaired) electrons. The molecule has 0 bridgehead atoms. The van der Waals surface area contributed by atoms with Gasteiger partial charge in [-0.25, -0.2) is 8.78 Å². The third-order valence-corrected chi connectivity index (χ3v) is 2.03. The Labute approximate surface area is 94.2 Å². The van der Waals surface area contributed by atoms with Crippen molar-refractivity contribution in [3.63, 3.8) is 0 Å². The Kier molecular flexibility index (Phi) is 3.79. The zero-order chi connectivity index (χ0) is 13.2. The Morgan fingerprint density at radius 1 is 1.24 bits per heavy atom. The van der Waals surface area contributed by atoms with Gasteiger partial charge in [-0.15, -0.1) is 0 Å². The van der Waals surface area contributed by atoms with Crippen molar-refractivity contribution in [2.24, 2.45) is 0 Å². The second kappa shape index (κ2) is 4.77. The van der Waals surface area contributed by atoms with Gasteiger partial charge < -0.3 is 10.5 Å². The molecule has 1 aromatic carbocycles. The molecule has 0 aromatic heterocycles. The normalized spacial score (nSPS) is 13.8. The van der Waals surface area contributed by atoms with Crippen LogP contribution in [0.5, 0.6) is 5.75 Å². The molecule has 0 aliphatic rings. The molecule has 17 heavy (non-hydrogen) atoms. The third kappa shape index (κ3) is 3.47. The molecule has 0 amide bonds. The Balaban J connectivity index is 2.98. The second-order valence-corrected chi connectivity index (χ2v) is 3.40. The number of halogens is 5. The third-order valence-electron chi connectivity index (χ3n) is 2.03. The summed E-state index contributed by atoms with van der Waals surface area (Å²) in [5.74, 6) is -0.515. The number of anilines is 1. The molecule has 0 aliphatic carbocycles. The second-order valence-electron chi connectivity index (χ2n) is 3.40. The predicted octanol–water partition coefficient (Wildman–Crippen LogP) is 3.54. The minimum Gasteiger partial charge on any atom is -0.481 e. The molecular formula is C10H10F5NO. The number of nitrogens with two attached hydrogens (primary N) is 1. The van der Waals surface area contributed by atoms with E-state index in [1.54, 1.807) is 0 Å². The van der Waals surface area contributed by atoms with E-state index in [4.69, 9.17) is 5.73 Å². The molecule has 0 heterocycles. The van der Waals surface area contributed by atoms with Crippen LogP contribution < -0.4 is 10.5 Å². The van der Waals surface area contributed by atoms with Gasteiger partial charge in [0.05, 0.1) is 5.56 Å². The standard InChI is InChI=1S/C10H10F5NO/c1-5(10(13,14)15)17-8-3-2-6(16)4-7(8)9(11)12/h2-5,9H,16H2,1H3. The van der Waals surface area contributed by atoms with Crippen molar-refractivity contribution >= 4 is 5.69 Å². The zero-order valence-corrected chi connectivity index (χ0v) is 8.76. The first-order valence-corrected chi connectivity index (χ1v) is 4.62. The minimum atomic E-state index is -4.61. The van der Waals surface area contributed by atoms with Crippen LogP contribution in [0.25, 0.3) is 0 Å². The lowest BCUT2D eigenvalue weighted by atomic mass is 10.2. The summed E-state index contributed by atoms with van der Waals surface area (Å²) in [6.45, 7) is 0.742. The average Bonchev–Trinajstić information content (AvgIpc) is 2.18. The topological polar surface area (TPSA) is 35.2 Å². The van der Waals surface area contributed by atoms with Crippen molar-refractivity contribution in [3.05, 3.63) is 23.8 Å². The van der Waals surface area contributed by atoms with Crippen molar-refractivity contribution in [1.29, 1.82) is 0 Å². The summed E-state index contributed by atoms with van der Waals surface area (Å²) in [5.41, 5.74) is 4.65. The van der Waals surface area contributed by atoms with Gasteiger partial charge in [0, 0.05) is 5.69 Å². The molecule has 0 fully saturated rings. The number of hydrogen-bond acceptors (Lipinski definition) is 2. The lowest BCUT2D eigenvalue weighted by Crippen LogP contribution is -2.31. The van der Waals surface area contributed by atoms with Crippen LogP contribution in [0.2, 0.25) is 0 Å². The summed E-state index contributed by atoms with van der Waals surface area (Å²) in [5, 5.41) is 0. The van der Waals surface area contributed by atoms with Gasteiger partial charge in [-0.2, -0.15) is 13.2 Å². The number of rotatable bonds is 3. The van der Waals surface area contributed by atoms with E-state index in [1.165, 1.54) is 6.07 Å². The van der Waals surface area contributed by atoms with Gasteiger partial charge in [0.2, 0.25) is 0 Å². The molecule has 0 saturated carbocycles. The first-order valence-electron chi connectivity index (χ1n) is 4.62. The quantitative estimate of drug-likeness (QED) is 0.662. The summed E-state index contributed by atoms with van der Waals surface area (Å²) < 4.78 is 66.2. The van der Waals surface area contributed by atoms with Gasteiger partial charge >= 0.3 is 6.18 Å². The molecule has 1 unspecified atom stereocenters. The van der Waals surface area contributed by atoms with Crippen molar-refractivity contribution in [2.75, 3.05) is 5.73 Å². The lowest BCUT2D eigenvalue weighted by Gasteiger charge is -2.19. The largest absolute Gasteiger partial charge is 0.481 e. The highest BCUT2D eigenvalue weighted by Crippen LogP contribution is 2.33. The number of ether oxygens (including phenoxy) is 1. The Bertz CT molecular complexity index is 391. The van der Waals surface area contributed by atoms with Crippen LogP contribution in [0.1, 0.15) is 18.9 Å². The van der Waals surface area contributed by atoms with Crippen LogP contribution in [0.15, 0.2) is 18.2 Å². The summed E-state index contributed by atoms with van der Waals surface area (Å²) in [6.07, 6.45) is -9.72. The Morgan fingerprint density at radius 2 is 1.82 bits per heavy atom. The van der Waals surface area contributed by atoms with E-state index in [2.05, 4.69) is 4.74 Å². The molecule has 7 heteroatoms. The van der Waals surface area contributed by atoms with E-state index in [-0.39, 0.29) is 5.69 Å². The first-order chi connectivity index (χ1) is 7.71. The summed E-state index contributed by atoms with van der Waals surface area (Å²) in [4.78, 5) is 0. The highest BCUT2D eigenvalue weighted by atomic mass is 19.4. The highest BCUT2D eigenvalue weighted by Gasteiger charge is 2.38. The van der Waals surface area contributed by atoms with E-state index in [9.17, 15) is 22.0 Å². The molecule has 96 valence electrons.